The zero-order chi connectivity index (χ0) is 14.7. The van der Waals surface area contributed by atoms with Gasteiger partial charge in [0.25, 0.3) is 5.56 Å². The van der Waals surface area contributed by atoms with Crippen LogP contribution in [0.25, 0.3) is 10.9 Å². The number of aromatic amines is 1. The van der Waals surface area contributed by atoms with Crippen LogP contribution in [0.2, 0.25) is 0 Å². The third kappa shape index (κ3) is 3.12. The van der Waals surface area contributed by atoms with Gasteiger partial charge in [-0.15, -0.1) is 0 Å². The van der Waals surface area contributed by atoms with Gasteiger partial charge in [0, 0.05) is 24.2 Å². The first-order valence-electron chi connectivity index (χ1n) is 6.82. The highest BCUT2D eigenvalue weighted by Crippen LogP contribution is 2.11. The Morgan fingerprint density at radius 2 is 1.76 bits per heavy atom. The average molecular weight is 280 g/mol. The predicted octanol–water partition coefficient (Wildman–Crippen LogP) is 2.52. The van der Waals surface area contributed by atoms with Crippen LogP contribution in [0.1, 0.15) is 11.1 Å². The van der Waals surface area contributed by atoms with Gasteiger partial charge in [-0.3, -0.25) is 4.79 Å². The largest absolute Gasteiger partial charge is 0.508 e. The van der Waals surface area contributed by atoms with Crippen molar-refractivity contribution >= 4 is 10.9 Å². The van der Waals surface area contributed by atoms with Gasteiger partial charge < -0.3 is 15.4 Å². The number of benzene rings is 2. The van der Waals surface area contributed by atoms with Gasteiger partial charge in [-0.25, -0.2) is 0 Å². The fraction of sp³-hybridized carbons (Fsp3) is 0.118. The topological polar surface area (TPSA) is 65.1 Å². The van der Waals surface area contributed by atoms with Crippen molar-refractivity contribution in [2.45, 2.75) is 13.1 Å². The summed E-state index contributed by atoms with van der Waals surface area (Å²) < 4.78 is 0. The Morgan fingerprint density at radius 1 is 1.00 bits per heavy atom. The number of fused-ring (bicyclic) bond motifs is 1. The number of nitrogens with one attached hydrogen (secondary N) is 2. The summed E-state index contributed by atoms with van der Waals surface area (Å²) in [6.45, 7) is 1.15. The SMILES string of the molecule is O=c1[nH]c2ccccc2cc1CNCc1ccc(O)cc1. The second kappa shape index (κ2) is 5.81. The van der Waals surface area contributed by atoms with E-state index in [-0.39, 0.29) is 11.3 Å². The summed E-state index contributed by atoms with van der Waals surface area (Å²) in [4.78, 5) is 14.9. The molecular weight excluding hydrogens is 264 g/mol. The summed E-state index contributed by atoms with van der Waals surface area (Å²) in [5.74, 6) is 0.254. The molecule has 0 unspecified atom stereocenters. The molecule has 1 heterocycles. The molecule has 0 aliphatic heterocycles. The Balaban J connectivity index is 1.71. The fourth-order valence-electron chi connectivity index (χ4n) is 2.28. The molecule has 1 aromatic heterocycles. The van der Waals surface area contributed by atoms with Crippen LogP contribution < -0.4 is 10.9 Å². The van der Waals surface area contributed by atoms with Gasteiger partial charge in [-0.2, -0.15) is 0 Å². The molecule has 0 saturated carbocycles. The highest BCUT2D eigenvalue weighted by molar-refractivity contribution is 5.78. The smallest absolute Gasteiger partial charge is 0.252 e. The maximum Gasteiger partial charge on any atom is 0.252 e. The number of hydrogen-bond donors (Lipinski definition) is 3. The van der Waals surface area contributed by atoms with E-state index < -0.39 is 0 Å². The molecule has 4 heteroatoms. The molecular formula is C17H16N2O2. The number of pyridine rings is 1. The van der Waals surface area contributed by atoms with Crippen LogP contribution in [0.15, 0.2) is 59.4 Å². The van der Waals surface area contributed by atoms with Crippen LogP contribution in [0, 0.1) is 0 Å². The Bertz CT molecular complexity index is 807. The van der Waals surface area contributed by atoms with Gasteiger partial charge >= 0.3 is 0 Å². The van der Waals surface area contributed by atoms with Gasteiger partial charge in [0.1, 0.15) is 5.75 Å². The average Bonchev–Trinajstić information content (AvgIpc) is 2.50. The van der Waals surface area contributed by atoms with Gasteiger partial charge in [-0.1, -0.05) is 30.3 Å². The standard InChI is InChI=1S/C17H16N2O2/c20-15-7-5-12(6-8-15)10-18-11-14-9-13-3-1-2-4-16(13)19-17(14)21/h1-9,18,20H,10-11H2,(H,19,21). The molecule has 0 amide bonds. The maximum absolute atomic E-state index is 12.0. The summed E-state index contributed by atoms with van der Waals surface area (Å²) in [5, 5.41) is 13.5. The molecule has 21 heavy (non-hydrogen) atoms. The van der Waals surface area contributed by atoms with Crippen LogP contribution in [-0.4, -0.2) is 10.1 Å². The lowest BCUT2D eigenvalue weighted by molar-refractivity contribution is 0.475. The zero-order valence-electron chi connectivity index (χ0n) is 11.5. The molecule has 0 aliphatic carbocycles. The van der Waals surface area contributed by atoms with Crippen molar-refractivity contribution in [1.82, 2.24) is 10.3 Å². The van der Waals surface area contributed by atoms with Crippen LogP contribution >= 0.6 is 0 Å². The second-order valence-electron chi connectivity index (χ2n) is 4.98. The van der Waals surface area contributed by atoms with E-state index in [0.29, 0.717) is 18.7 Å². The third-order valence-corrected chi connectivity index (χ3v) is 3.41. The van der Waals surface area contributed by atoms with Gasteiger partial charge in [0.05, 0.1) is 0 Å². The Kier molecular flexibility index (Phi) is 3.71. The van der Waals surface area contributed by atoms with Crippen molar-refractivity contribution in [2.75, 3.05) is 0 Å². The minimum Gasteiger partial charge on any atom is -0.508 e. The molecule has 3 rings (SSSR count). The Hall–Kier alpha value is -2.59. The van der Waals surface area contributed by atoms with E-state index in [0.717, 1.165) is 16.5 Å². The predicted molar refractivity (Wildman–Crippen MR) is 83.2 cm³/mol. The monoisotopic (exact) mass is 280 g/mol. The molecule has 0 aliphatic rings. The van der Waals surface area contributed by atoms with E-state index in [9.17, 15) is 9.90 Å². The molecule has 3 aromatic rings. The minimum atomic E-state index is -0.0630. The number of aromatic hydroxyl groups is 1. The molecule has 2 aromatic carbocycles. The normalized spacial score (nSPS) is 10.9. The zero-order valence-corrected chi connectivity index (χ0v) is 11.5. The fourth-order valence-corrected chi connectivity index (χ4v) is 2.28. The van der Waals surface area contributed by atoms with E-state index in [1.54, 1.807) is 12.1 Å². The number of hydrogen-bond acceptors (Lipinski definition) is 3. The molecule has 0 bridgehead atoms. The van der Waals surface area contributed by atoms with E-state index >= 15 is 0 Å². The molecule has 3 N–H and O–H groups in total. The van der Waals surface area contributed by atoms with Crippen molar-refractivity contribution in [3.63, 3.8) is 0 Å². The molecule has 0 radical (unpaired) electrons. The number of H-pyrrole nitrogens is 1. The van der Waals surface area contributed by atoms with Gasteiger partial charge in [0.2, 0.25) is 0 Å². The molecule has 0 fully saturated rings. The lowest BCUT2D eigenvalue weighted by Crippen LogP contribution is -2.20. The summed E-state index contributed by atoms with van der Waals surface area (Å²) >= 11 is 0. The van der Waals surface area contributed by atoms with Crippen molar-refractivity contribution in [3.8, 4) is 5.75 Å². The molecule has 0 atom stereocenters. The Morgan fingerprint density at radius 3 is 2.57 bits per heavy atom. The Labute approximate surface area is 122 Å². The van der Waals surface area contributed by atoms with Crippen molar-refractivity contribution < 1.29 is 5.11 Å². The molecule has 0 saturated heterocycles. The first kappa shape index (κ1) is 13.4. The van der Waals surface area contributed by atoms with Crippen LogP contribution in [-0.2, 0) is 13.1 Å². The van der Waals surface area contributed by atoms with Crippen molar-refractivity contribution in [3.05, 3.63) is 76.1 Å². The number of phenolic OH excluding ortho intramolecular Hbond substituents is 1. The molecule has 0 spiro atoms. The summed E-state index contributed by atoms with van der Waals surface area (Å²) in [6, 6.07) is 16.7. The van der Waals surface area contributed by atoms with E-state index in [2.05, 4.69) is 10.3 Å². The number of aromatic nitrogens is 1. The maximum atomic E-state index is 12.0. The van der Waals surface area contributed by atoms with Gasteiger partial charge in [0.15, 0.2) is 0 Å². The minimum absolute atomic E-state index is 0.0630. The quantitative estimate of drug-likeness (QED) is 0.688. The highest BCUT2D eigenvalue weighted by Gasteiger charge is 2.02. The number of rotatable bonds is 4. The summed E-state index contributed by atoms with van der Waals surface area (Å²) in [5.41, 5.74) is 2.56. The molecule has 4 nitrogen and oxygen atoms in total. The third-order valence-electron chi connectivity index (χ3n) is 3.41. The van der Waals surface area contributed by atoms with Gasteiger partial charge in [-0.05, 0) is 35.2 Å². The molecule has 106 valence electrons. The van der Waals surface area contributed by atoms with Crippen molar-refractivity contribution in [1.29, 1.82) is 0 Å². The van der Waals surface area contributed by atoms with Crippen LogP contribution in [0.3, 0.4) is 0 Å². The first-order valence-corrected chi connectivity index (χ1v) is 6.82. The number of phenols is 1. The van der Waals surface area contributed by atoms with E-state index in [4.69, 9.17) is 0 Å². The lowest BCUT2D eigenvalue weighted by atomic mass is 10.1. The van der Waals surface area contributed by atoms with E-state index in [1.807, 2.05) is 42.5 Å². The highest BCUT2D eigenvalue weighted by atomic mass is 16.3. The summed E-state index contributed by atoms with van der Waals surface area (Å²) in [6.07, 6.45) is 0. The number of para-hydroxylation sites is 1. The second-order valence-corrected chi connectivity index (χ2v) is 4.98. The first-order chi connectivity index (χ1) is 10.2. The van der Waals surface area contributed by atoms with Crippen LogP contribution in [0.5, 0.6) is 5.75 Å². The van der Waals surface area contributed by atoms with E-state index in [1.165, 1.54) is 0 Å². The summed E-state index contributed by atoms with van der Waals surface area (Å²) in [7, 11) is 0. The van der Waals surface area contributed by atoms with Crippen molar-refractivity contribution in [2.24, 2.45) is 0 Å². The lowest BCUT2D eigenvalue weighted by Gasteiger charge is -2.06. The van der Waals surface area contributed by atoms with Crippen LogP contribution in [0.4, 0.5) is 0 Å².